The minimum atomic E-state index is -3.58. The number of aryl methyl sites for hydroxylation is 1. The fourth-order valence-electron chi connectivity index (χ4n) is 8.94. The zero-order valence-corrected chi connectivity index (χ0v) is 38.3. The Morgan fingerprint density at radius 2 is 1.58 bits per heavy atom. The molecule has 1 aromatic heterocycles. The molecule has 18 heteroatoms. The maximum atomic E-state index is 13.4. The van der Waals surface area contributed by atoms with Crippen LogP contribution in [0.1, 0.15) is 85.2 Å². The second-order valence-corrected chi connectivity index (χ2v) is 20.3. The Labute approximate surface area is 378 Å². The molecular weight excluding hydrogens is 858 g/mol. The van der Waals surface area contributed by atoms with Crippen molar-refractivity contribution in [1.29, 1.82) is 0 Å². The molecule has 338 valence electrons. The highest BCUT2D eigenvalue weighted by atomic mass is 35.5. The van der Waals surface area contributed by atoms with E-state index < -0.39 is 44.8 Å². The van der Waals surface area contributed by atoms with E-state index in [0.29, 0.717) is 40.8 Å². The number of carbonyl (C=O) groups is 4. The van der Waals surface area contributed by atoms with Crippen molar-refractivity contribution in [3.8, 4) is 5.75 Å². The van der Waals surface area contributed by atoms with Gasteiger partial charge in [0.1, 0.15) is 16.8 Å². The molecular formula is C46H54ClN9O7S. The van der Waals surface area contributed by atoms with Gasteiger partial charge in [-0.2, -0.15) is 4.98 Å². The van der Waals surface area contributed by atoms with Gasteiger partial charge in [0.25, 0.3) is 11.8 Å². The van der Waals surface area contributed by atoms with Gasteiger partial charge in [0.15, 0.2) is 15.7 Å². The molecule has 3 N–H and O–H groups in total. The van der Waals surface area contributed by atoms with Gasteiger partial charge in [-0.1, -0.05) is 29.8 Å². The van der Waals surface area contributed by atoms with Gasteiger partial charge in [-0.25, -0.2) is 13.4 Å². The number of hydrogen-bond donors (Lipinski definition) is 3. The number of ether oxygens (including phenoxy) is 1. The Morgan fingerprint density at radius 1 is 0.859 bits per heavy atom. The van der Waals surface area contributed by atoms with Gasteiger partial charge in [0.05, 0.1) is 44.9 Å². The summed E-state index contributed by atoms with van der Waals surface area (Å²) in [5, 5.41) is 8.30. The summed E-state index contributed by atoms with van der Waals surface area (Å²) in [5.41, 5.74) is 4.75. The molecule has 3 saturated heterocycles. The van der Waals surface area contributed by atoms with E-state index in [1.165, 1.54) is 6.20 Å². The first kappa shape index (κ1) is 45.0. The molecule has 64 heavy (non-hydrogen) atoms. The van der Waals surface area contributed by atoms with Gasteiger partial charge >= 0.3 is 0 Å². The topological polar surface area (TPSA) is 186 Å². The first-order valence-electron chi connectivity index (χ1n) is 21.8. The number of hydrogen-bond acceptors (Lipinski definition) is 14. The second kappa shape index (κ2) is 18.5. The first-order valence-corrected chi connectivity index (χ1v) is 23.8. The molecule has 3 fully saturated rings. The minimum Gasteiger partial charge on any atom is -0.489 e. The average Bonchev–Trinajstić information content (AvgIpc) is 3.50. The van der Waals surface area contributed by atoms with Crippen molar-refractivity contribution >= 4 is 73.9 Å². The molecule has 5 heterocycles. The Hall–Kier alpha value is -5.62. The number of anilines is 5. The van der Waals surface area contributed by atoms with Gasteiger partial charge in [-0.15, -0.1) is 0 Å². The molecule has 3 aromatic carbocycles. The van der Waals surface area contributed by atoms with E-state index in [0.717, 1.165) is 73.8 Å². The molecule has 4 amide bonds. The molecule has 0 radical (unpaired) electrons. The Balaban J connectivity index is 0.876. The number of piperazine rings is 1. The number of rotatable bonds is 13. The summed E-state index contributed by atoms with van der Waals surface area (Å²) < 4.78 is 32.6. The number of benzene rings is 3. The minimum absolute atomic E-state index is 0.0842. The molecule has 0 saturated carbocycles. The summed E-state index contributed by atoms with van der Waals surface area (Å²) in [6.07, 6.45) is 3.61. The fraction of sp³-hybridized carbons (Fsp3) is 0.435. The van der Waals surface area contributed by atoms with Crippen molar-refractivity contribution in [2.45, 2.75) is 95.2 Å². The molecule has 0 spiro atoms. The van der Waals surface area contributed by atoms with Crippen molar-refractivity contribution < 1.29 is 32.3 Å². The monoisotopic (exact) mass is 911 g/mol. The number of imide groups is 2. The number of sulfone groups is 1. The van der Waals surface area contributed by atoms with Crippen LogP contribution in [0.15, 0.2) is 65.7 Å². The summed E-state index contributed by atoms with van der Waals surface area (Å²) in [6, 6.07) is 15.6. The van der Waals surface area contributed by atoms with Crippen molar-refractivity contribution in [2.24, 2.45) is 0 Å². The summed E-state index contributed by atoms with van der Waals surface area (Å²) >= 11 is 6.52. The van der Waals surface area contributed by atoms with E-state index in [4.69, 9.17) is 16.3 Å². The van der Waals surface area contributed by atoms with Crippen molar-refractivity contribution in [2.75, 3.05) is 54.8 Å². The number of amides is 4. The lowest BCUT2D eigenvalue weighted by molar-refractivity contribution is -0.136. The van der Waals surface area contributed by atoms with E-state index in [1.807, 2.05) is 26.0 Å². The number of piperidine rings is 2. The van der Waals surface area contributed by atoms with Crippen LogP contribution in [0, 0.1) is 6.92 Å². The van der Waals surface area contributed by atoms with Crippen LogP contribution >= 0.6 is 11.6 Å². The summed E-state index contributed by atoms with van der Waals surface area (Å²) in [6.45, 7) is 15.3. The molecule has 1 unspecified atom stereocenters. The molecule has 4 aliphatic rings. The molecule has 8 rings (SSSR count). The average molecular weight is 913 g/mol. The Bertz CT molecular complexity index is 2590. The van der Waals surface area contributed by atoms with Crippen molar-refractivity contribution in [3.63, 3.8) is 0 Å². The normalized spacial score (nSPS) is 19.1. The quantitative estimate of drug-likeness (QED) is 0.131. The third kappa shape index (κ3) is 9.30. The van der Waals surface area contributed by atoms with E-state index >= 15 is 0 Å². The van der Waals surface area contributed by atoms with Crippen LogP contribution in [-0.2, 0) is 26.0 Å². The number of nitrogens with zero attached hydrogens (tertiary/aromatic N) is 6. The highest BCUT2D eigenvalue weighted by Gasteiger charge is 2.44. The van der Waals surface area contributed by atoms with E-state index in [9.17, 15) is 27.6 Å². The molecule has 16 nitrogen and oxygen atoms in total. The van der Waals surface area contributed by atoms with Gasteiger partial charge in [0.2, 0.25) is 17.8 Å². The Morgan fingerprint density at radius 3 is 2.28 bits per heavy atom. The SMILES string of the molecule is Cc1cc(Nc2ncc(Cl)c(Nc3ccccc3S(=O)(=O)C(C)C)n2)c(OC(C)C)cc1N1CCC(N2CCN(Cc3ccc4c(c3)C(=O)N(C3CCC(=O)NC3=O)C4=O)CC2)CC1. The second-order valence-electron chi connectivity index (χ2n) is 17.4. The number of halogens is 1. The van der Waals surface area contributed by atoms with E-state index in [1.54, 1.807) is 50.2 Å². The van der Waals surface area contributed by atoms with Gasteiger partial charge in [0, 0.05) is 70.0 Å². The van der Waals surface area contributed by atoms with Crippen LogP contribution in [0.3, 0.4) is 0 Å². The van der Waals surface area contributed by atoms with Crippen LogP contribution in [-0.4, -0.2) is 119 Å². The van der Waals surface area contributed by atoms with E-state index in [2.05, 4.69) is 53.6 Å². The summed E-state index contributed by atoms with van der Waals surface area (Å²) in [4.78, 5) is 68.3. The highest BCUT2D eigenvalue weighted by molar-refractivity contribution is 7.92. The number of nitrogens with one attached hydrogen (secondary N) is 3. The number of fused-ring (bicyclic) bond motifs is 1. The van der Waals surface area contributed by atoms with Crippen LogP contribution in [0.2, 0.25) is 5.02 Å². The molecule has 4 aliphatic heterocycles. The predicted molar refractivity (Wildman–Crippen MR) is 245 cm³/mol. The maximum Gasteiger partial charge on any atom is 0.262 e. The molecule has 0 aliphatic carbocycles. The standard InChI is InChI=1S/C46H54ClN9O7S/c1-27(2)63-39-24-38(29(5)22-36(39)50-46-48-25-34(47)42(52-46)49-35-8-6-7-9-40(35)64(61,62)28(3)4)55-16-14-31(15-17-55)54-20-18-53(19-21-54)26-30-10-11-32-33(23-30)45(60)56(44(32)59)37-12-13-41(57)51-43(37)58/h6-11,22-25,27-28,31,37H,12-21,26H2,1-5H3,(H,51,57,58)(H2,48,49,50,52). The predicted octanol–water partition coefficient (Wildman–Crippen LogP) is 6.08. The zero-order valence-electron chi connectivity index (χ0n) is 36.7. The van der Waals surface area contributed by atoms with Gasteiger partial charge in [-0.05, 0) is 95.3 Å². The molecule has 4 aromatic rings. The van der Waals surface area contributed by atoms with E-state index in [-0.39, 0.29) is 40.6 Å². The first-order chi connectivity index (χ1) is 30.6. The summed E-state index contributed by atoms with van der Waals surface area (Å²) in [7, 11) is -3.58. The van der Waals surface area contributed by atoms with Crippen LogP contribution in [0.25, 0.3) is 0 Å². The van der Waals surface area contributed by atoms with Crippen LogP contribution in [0.4, 0.5) is 28.8 Å². The lowest BCUT2D eigenvalue weighted by Crippen LogP contribution is -2.54. The highest BCUT2D eigenvalue weighted by Crippen LogP contribution is 2.38. The third-order valence-electron chi connectivity index (χ3n) is 12.4. The van der Waals surface area contributed by atoms with Gasteiger partial charge < -0.3 is 20.3 Å². The van der Waals surface area contributed by atoms with Crippen LogP contribution in [0.5, 0.6) is 5.75 Å². The molecule has 0 bridgehead atoms. The third-order valence-corrected chi connectivity index (χ3v) is 14.8. The number of aromatic nitrogens is 2. The lowest BCUT2D eigenvalue weighted by Gasteiger charge is -2.43. The Kier molecular flexibility index (Phi) is 13.0. The van der Waals surface area contributed by atoms with Crippen molar-refractivity contribution in [3.05, 3.63) is 88.1 Å². The van der Waals surface area contributed by atoms with Crippen LogP contribution < -0.4 is 25.6 Å². The zero-order chi connectivity index (χ0) is 45.4. The number of para-hydroxylation sites is 1. The van der Waals surface area contributed by atoms with Crippen molar-refractivity contribution in [1.82, 2.24) is 30.0 Å². The van der Waals surface area contributed by atoms with Gasteiger partial charge in [-0.3, -0.25) is 39.2 Å². The number of carbonyl (C=O) groups excluding carboxylic acids is 4. The lowest BCUT2D eigenvalue weighted by atomic mass is 10.00. The largest absolute Gasteiger partial charge is 0.489 e. The fourth-order valence-corrected chi connectivity index (χ4v) is 10.3. The molecule has 1 atom stereocenters. The smallest absolute Gasteiger partial charge is 0.262 e. The maximum absolute atomic E-state index is 13.4. The summed E-state index contributed by atoms with van der Waals surface area (Å²) in [5.74, 6) is -0.826.